The second-order valence-electron chi connectivity index (χ2n) is 8.57. The van der Waals surface area contributed by atoms with Gasteiger partial charge in [0, 0.05) is 5.75 Å². The fourth-order valence-electron chi connectivity index (χ4n) is 3.45. The van der Waals surface area contributed by atoms with Gasteiger partial charge in [0.1, 0.15) is 0 Å². The van der Waals surface area contributed by atoms with Gasteiger partial charge in [-0.1, -0.05) is 106 Å². The molecule has 2 rings (SSSR count). The van der Waals surface area contributed by atoms with Crippen molar-refractivity contribution < 1.29 is 25.7 Å². The number of hydrogen-bond acceptors (Lipinski definition) is 2. The number of rotatable bonds is 11. The summed E-state index contributed by atoms with van der Waals surface area (Å²) >= 11 is 1.82. The van der Waals surface area contributed by atoms with Crippen LogP contribution in [0.25, 0.3) is 10.5 Å². The molecule has 7 heteroatoms. The first-order valence-electron chi connectivity index (χ1n) is 10.6. The van der Waals surface area contributed by atoms with E-state index in [1.807, 2.05) is 78.0 Å². The summed E-state index contributed by atoms with van der Waals surface area (Å²) in [6.07, 6.45) is 1.88. The van der Waals surface area contributed by atoms with Crippen molar-refractivity contribution in [2.45, 2.75) is 52.6 Å². The van der Waals surface area contributed by atoms with Crippen molar-refractivity contribution in [2.75, 3.05) is 5.75 Å². The van der Waals surface area contributed by atoms with Gasteiger partial charge in [0.2, 0.25) is 0 Å². The summed E-state index contributed by atoms with van der Waals surface area (Å²) in [5, 5.41) is 0. The van der Waals surface area contributed by atoms with Gasteiger partial charge in [0.25, 0.3) is 0 Å². The van der Waals surface area contributed by atoms with Gasteiger partial charge in [-0.05, 0) is 24.2 Å². The average Bonchev–Trinajstić information content (AvgIpc) is 2.77. The van der Waals surface area contributed by atoms with Crippen molar-refractivity contribution in [3.8, 4) is 0 Å². The molecule has 32 heavy (non-hydrogen) atoms. The monoisotopic (exact) mass is 566 g/mol. The number of nitrogens with zero attached hydrogens (tertiary/aromatic N) is 1. The van der Waals surface area contributed by atoms with Crippen molar-refractivity contribution in [2.24, 2.45) is 17.8 Å². The molecule has 2 aromatic carbocycles. The summed E-state index contributed by atoms with van der Waals surface area (Å²) in [5.41, 5.74) is 10.3. The third-order valence-electron chi connectivity index (χ3n) is 5.37. The maximum atomic E-state index is 13.1. The Kier molecular flexibility index (Phi) is 15.6. The number of halogens is 1. The number of sulfonamides is 1. The zero-order valence-electron chi connectivity index (χ0n) is 19.7. The van der Waals surface area contributed by atoms with Gasteiger partial charge in [-0.3, -0.25) is 0 Å². The molecular formula is C25H37ClN2O2RuS. The molecular weight excluding hydrogens is 529 g/mol. The Balaban J connectivity index is 0.00000311. The molecule has 0 bridgehead atoms. The summed E-state index contributed by atoms with van der Waals surface area (Å²) in [5.74, 6) is 0.935. The predicted molar refractivity (Wildman–Crippen MR) is 135 cm³/mol. The van der Waals surface area contributed by atoms with Crippen LogP contribution < -0.4 is 0 Å². The number of hydrogen-bond donors (Lipinski definition) is 0. The molecule has 0 aliphatic heterocycles. The topological polar surface area (TPSA) is 72.0 Å². The van der Waals surface area contributed by atoms with Gasteiger partial charge in [0.15, 0.2) is 0 Å². The zero-order valence-corrected chi connectivity index (χ0v) is 23.0. The van der Waals surface area contributed by atoms with Gasteiger partial charge in [-0.15, -0.1) is 12.1 Å². The van der Waals surface area contributed by atoms with E-state index in [4.69, 9.17) is 5.73 Å². The van der Waals surface area contributed by atoms with Crippen LogP contribution in [0.5, 0.6) is 0 Å². The third-order valence-corrected chi connectivity index (χ3v) is 6.77. The van der Waals surface area contributed by atoms with Crippen LogP contribution in [-0.4, -0.2) is 14.2 Å². The van der Waals surface area contributed by atoms with Crippen LogP contribution in [0.3, 0.4) is 0 Å². The Morgan fingerprint density at radius 3 is 1.78 bits per heavy atom. The van der Waals surface area contributed by atoms with E-state index in [9.17, 15) is 8.42 Å². The molecule has 4 nitrogen and oxygen atoms in total. The summed E-state index contributed by atoms with van der Waals surface area (Å²) in [6, 6.07) is 17.1. The maximum absolute atomic E-state index is 13.1. The van der Waals surface area contributed by atoms with E-state index in [2.05, 4.69) is 42.1 Å². The van der Waals surface area contributed by atoms with E-state index in [1.54, 1.807) is 0 Å². The van der Waals surface area contributed by atoms with Crippen molar-refractivity contribution in [1.82, 2.24) is 0 Å². The molecule has 0 heterocycles. The Morgan fingerprint density at radius 2 is 1.34 bits per heavy atom. The molecule has 0 fully saturated rings. The summed E-state index contributed by atoms with van der Waals surface area (Å²) in [7, 11) is 0.900. The van der Waals surface area contributed by atoms with Gasteiger partial charge < -0.3 is 17.9 Å². The van der Waals surface area contributed by atoms with Crippen LogP contribution in [-0.2, 0) is 27.3 Å². The minimum atomic E-state index is -3.67. The molecule has 0 aliphatic carbocycles. The minimum absolute atomic E-state index is 0. The number of nitrogens with one attached hydrogen (secondary N) is 1. The van der Waals surface area contributed by atoms with E-state index in [1.165, 1.54) is 0 Å². The molecule has 1 N–H and O–H groups in total. The Bertz CT molecular complexity index is 834. The van der Waals surface area contributed by atoms with Gasteiger partial charge in [0.05, 0.1) is 10.0 Å². The predicted octanol–water partition coefficient (Wildman–Crippen LogP) is 8.07. The van der Waals surface area contributed by atoms with Crippen molar-refractivity contribution >= 4 is 19.7 Å². The molecule has 0 radical (unpaired) electrons. The van der Waals surface area contributed by atoms with Crippen molar-refractivity contribution in [1.29, 1.82) is 0 Å². The number of benzene rings is 2. The second-order valence-corrected chi connectivity index (χ2v) is 10.3. The van der Waals surface area contributed by atoms with Gasteiger partial charge >= 0.3 is 27.0 Å². The van der Waals surface area contributed by atoms with Crippen LogP contribution >= 0.6 is 9.69 Å². The molecule has 3 atom stereocenters. The Hall–Kier alpha value is -0.777. The molecule has 2 aromatic rings. The van der Waals surface area contributed by atoms with Crippen LogP contribution in [0.2, 0.25) is 0 Å². The molecule has 0 amide bonds. The van der Waals surface area contributed by atoms with E-state index < -0.39 is 22.1 Å². The van der Waals surface area contributed by atoms with Crippen LogP contribution in [0.15, 0.2) is 60.7 Å². The summed E-state index contributed by atoms with van der Waals surface area (Å²) in [4.78, 5) is 0. The first-order valence-corrected chi connectivity index (χ1v) is 14.4. The standard InChI is InChI=1S/C24H34N2O2S.CH3.ClH.Ru/c1-18(2)15-16-22(19(3)4)17-29(27,28)26-24(21-13-9-6-10-14-21)23(25)20-11-7-5-8-12-20;;;/h5-14,18-19,22-25H,15-17H2,1-4H3;1H3;1H;/q-2;-1;;+4/p-1. The average molecular weight is 566 g/mol. The molecule has 0 saturated carbocycles. The van der Waals surface area contributed by atoms with Crippen LogP contribution in [0, 0.1) is 25.2 Å². The third kappa shape index (κ3) is 10.9. The normalized spacial score (nSPS) is 14.1. The van der Waals surface area contributed by atoms with Crippen molar-refractivity contribution in [3.63, 3.8) is 0 Å². The van der Waals surface area contributed by atoms with Crippen molar-refractivity contribution in [3.05, 3.63) is 89.7 Å². The molecule has 0 aromatic heterocycles. The zero-order chi connectivity index (χ0) is 23.4. The quantitative estimate of drug-likeness (QED) is 0.204. The summed E-state index contributed by atoms with van der Waals surface area (Å²) < 4.78 is 30.4. The first kappa shape index (κ1) is 31.2. The Morgan fingerprint density at radius 1 is 0.875 bits per heavy atom. The van der Waals surface area contributed by atoms with E-state index in [0.717, 1.165) is 24.0 Å². The fraction of sp³-hybridized carbons (Fsp3) is 0.480. The van der Waals surface area contributed by atoms with E-state index >= 15 is 0 Å². The van der Waals surface area contributed by atoms with Gasteiger partial charge in [-0.2, -0.15) is 0 Å². The molecule has 0 saturated heterocycles. The van der Waals surface area contributed by atoms with Gasteiger partial charge in [-0.25, -0.2) is 8.42 Å². The van der Waals surface area contributed by atoms with Crippen LogP contribution in [0.4, 0.5) is 0 Å². The molecule has 0 spiro atoms. The summed E-state index contributed by atoms with van der Waals surface area (Å²) in [6.45, 7) is 8.47. The van der Waals surface area contributed by atoms with Crippen LogP contribution in [0.1, 0.15) is 63.7 Å². The van der Waals surface area contributed by atoms with E-state index in [-0.39, 0.29) is 25.0 Å². The SMILES string of the molecule is CC(C)CCC(CS(=O)(=O)[N-]C(c1ccccc1)C([NH-])c1ccccc1)C(C)C.[CH3-].[Cl][Ru+3]. The first-order chi connectivity index (χ1) is 14.7. The fourth-order valence-corrected chi connectivity index (χ4v) is 5.22. The second kappa shape index (κ2) is 16.0. The molecule has 180 valence electrons. The van der Waals surface area contributed by atoms with E-state index in [0.29, 0.717) is 5.92 Å². The molecule has 0 aliphatic rings. The Labute approximate surface area is 210 Å². The molecule has 3 unspecified atom stereocenters.